The van der Waals surface area contributed by atoms with Crippen molar-refractivity contribution in [3.63, 3.8) is 0 Å². The van der Waals surface area contributed by atoms with Crippen molar-refractivity contribution in [1.82, 2.24) is 0 Å². The number of rotatable bonds is 3. The molecule has 0 bridgehead atoms. The number of hydrogen-bond donors (Lipinski definition) is 2. The Morgan fingerprint density at radius 1 is 1.71 bits per heavy atom. The van der Waals surface area contributed by atoms with Crippen LogP contribution in [0.1, 0.15) is 13.3 Å². The van der Waals surface area contributed by atoms with Gasteiger partial charge < -0.3 is 10.2 Å². The monoisotopic (exact) mass is 257 g/mol. The molecule has 0 radical (unpaired) electrons. The molecule has 0 aromatic heterocycles. The van der Waals surface area contributed by atoms with Crippen molar-refractivity contribution in [2.45, 2.75) is 18.8 Å². The van der Waals surface area contributed by atoms with E-state index in [1.807, 2.05) is 12.2 Å². The number of hydrogen-bond acceptors (Lipinski definition) is 3. The average Bonchev–Trinajstić information content (AvgIpc) is 2.61. The van der Waals surface area contributed by atoms with E-state index in [1.54, 1.807) is 6.92 Å². The summed E-state index contributed by atoms with van der Waals surface area (Å²) in [6.07, 6.45) is 10.0. The Labute approximate surface area is 98.7 Å². The van der Waals surface area contributed by atoms with Gasteiger partial charge in [0.2, 0.25) is 0 Å². The molecule has 1 rings (SSSR count). The Morgan fingerprint density at radius 2 is 2.36 bits per heavy atom. The van der Waals surface area contributed by atoms with Gasteiger partial charge in [0, 0.05) is 17.1 Å². The molecule has 0 heterocycles. The standard InChI is InChI=1S/C5H5.C4H8O3S.Fe/c1-2-4-5-3-1;1-2-8-4(7)3(5)6;/h1-3H,4H2;4,7H,2H2,1H3,(H,5,6);/q-1;;. The van der Waals surface area contributed by atoms with Crippen molar-refractivity contribution in [1.29, 1.82) is 0 Å². The predicted octanol–water partition coefficient (Wildman–Crippen LogP) is 1.45. The van der Waals surface area contributed by atoms with Crippen LogP contribution in [0.15, 0.2) is 18.2 Å². The summed E-state index contributed by atoms with van der Waals surface area (Å²) < 4.78 is 0. The van der Waals surface area contributed by atoms with Gasteiger partial charge in [0.1, 0.15) is 0 Å². The third-order valence-electron chi connectivity index (χ3n) is 1.12. The molecule has 0 spiro atoms. The van der Waals surface area contributed by atoms with Gasteiger partial charge in [-0.3, -0.25) is 6.08 Å². The summed E-state index contributed by atoms with van der Waals surface area (Å²) in [5, 5.41) is 16.5. The number of carboxylic acid groups (broad SMARTS) is 1. The number of carbonyl (C=O) groups is 1. The first-order valence-corrected chi connectivity index (χ1v) is 4.97. The minimum Gasteiger partial charge on any atom is -0.479 e. The van der Waals surface area contributed by atoms with E-state index in [0.29, 0.717) is 5.75 Å². The molecule has 1 atom stereocenters. The number of allylic oxidation sites excluding steroid dienone is 4. The van der Waals surface area contributed by atoms with Crippen molar-refractivity contribution < 1.29 is 32.1 Å². The summed E-state index contributed by atoms with van der Waals surface area (Å²) in [6.45, 7) is 1.79. The molecule has 0 aliphatic heterocycles. The van der Waals surface area contributed by atoms with Crippen molar-refractivity contribution in [3.8, 4) is 0 Å². The molecule has 1 aliphatic rings. The Hall–Kier alpha value is -0.221. The van der Waals surface area contributed by atoms with E-state index in [4.69, 9.17) is 10.2 Å². The third-order valence-corrected chi connectivity index (χ3v) is 1.97. The number of aliphatic hydroxyl groups excluding tert-OH is 1. The molecular formula is C9H13FeO3S-. The fourth-order valence-corrected chi connectivity index (χ4v) is 1.03. The zero-order chi connectivity index (χ0) is 10.1. The number of thioether (sulfide) groups is 1. The third kappa shape index (κ3) is 9.86. The minimum absolute atomic E-state index is 0. The van der Waals surface area contributed by atoms with Crippen molar-refractivity contribution in [2.75, 3.05) is 5.75 Å². The van der Waals surface area contributed by atoms with Gasteiger partial charge in [0.15, 0.2) is 5.44 Å². The molecule has 0 saturated carbocycles. The Bertz CT molecular complexity index is 194. The second kappa shape index (κ2) is 10.9. The summed E-state index contributed by atoms with van der Waals surface area (Å²) in [7, 11) is 0. The van der Waals surface area contributed by atoms with Crippen LogP contribution in [0.5, 0.6) is 0 Å². The molecule has 1 unspecified atom stereocenters. The van der Waals surface area contributed by atoms with Gasteiger partial charge in [-0.1, -0.05) is 6.92 Å². The van der Waals surface area contributed by atoms with Crippen LogP contribution < -0.4 is 0 Å². The van der Waals surface area contributed by atoms with E-state index in [9.17, 15) is 4.79 Å². The number of aliphatic hydroxyl groups is 1. The normalized spacial score (nSPS) is 13.9. The SMILES string of the molecule is CCSC(O)C(=O)O.[C-]1=CC=CC1.[Fe]. The molecular weight excluding hydrogens is 244 g/mol. The molecule has 82 valence electrons. The summed E-state index contributed by atoms with van der Waals surface area (Å²) in [5.74, 6) is -0.551. The smallest absolute Gasteiger partial charge is 0.343 e. The van der Waals surface area contributed by atoms with E-state index < -0.39 is 11.4 Å². The van der Waals surface area contributed by atoms with Crippen LogP contribution >= 0.6 is 11.8 Å². The van der Waals surface area contributed by atoms with Gasteiger partial charge >= 0.3 is 5.97 Å². The molecule has 5 heteroatoms. The Kier molecular flexibility index (Phi) is 12.6. The molecule has 0 fully saturated rings. The van der Waals surface area contributed by atoms with Crippen molar-refractivity contribution in [3.05, 3.63) is 24.3 Å². The van der Waals surface area contributed by atoms with E-state index in [-0.39, 0.29) is 17.1 Å². The summed E-state index contributed by atoms with van der Waals surface area (Å²) in [5.41, 5.74) is -1.25. The van der Waals surface area contributed by atoms with Crippen molar-refractivity contribution in [2.24, 2.45) is 0 Å². The summed E-state index contributed by atoms with van der Waals surface area (Å²) in [6, 6.07) is 0. The maximum atomic E-state index is 9.82. The van der Waals surface area contributed by atoms with E-state index in [0.717, 1.165) is 18.2 Å². The quantitative estimate of drug-likeness (QED) is 0.456. The van der Waals surface area contributed by atoms with Gasteiger partial charge in [-0.2, -0.15) is 6.08 Å². The van der Waals surface area contributed by atoms with Gasteiger partial charge in [-0.15, -0.1) is 18.2 Å². The predicted molar refractivity (Wildman–Crippen MR) is 53.3 cm³/mol. The Balaban J connectivity index is 0. The van der Waals surface area contributed by atoms with Crippen LogP contribution in [0.4, 0.5) is 0 Å². The van der Waals surface area contributed by atoms with Crippen molar-refractivity contribution >= 4 is 17.7 Å². The fraction of sp³-hybridized carbons (Fsp3) is 0.444. The molecule has 0 aromatic carbocycles. The molecule has 14 heavy (non-hydrogen) atoms. The molecule has 2 N–H and O–H groups in total. The molecule has 3 nitrogen and oxygen atoms in total. The van der Waals surface area contributed by atoms with Crippen LogP contribution in [0.3, 0.4) is 0 Å². The van der Waals surface area contributed by atoms with Crippen LogP contribution in [0, 0.1) is 6.08 Å². The second-order valence-corrected chi connectivity index (χ2v) is 3.51. The van der Waals surface area contributed by atoms with Gasteiger partial charge in [0.25, 0.3) is 0 Å². The molecule has 1 aliphatic carbocycles. The van der Waals surface area contributed by atoms with Gasteiger partial charge in [-0.05, 0) is 5.75 Å². The molecule has 0 saturated heterocycles. The molecule has 0 amide bonds. The van der Waals surface area contributed by atoms with Crippen LogP contribution in [-0.4, -0.2) is 27.4 Å². The van der Waals surface area contributed by atoms with E-state index in [2.05, 4.69) is 12.2 Å². The zero-order valence-electron chi connectivity index (χ0n) is 7.79. The van der Waals surface area contributed by atoms with Gasteiger partial charge in [0.05, 0.1) is 0 Å². The average molecular weight is 257 g/mol. The topological polar surface area (TPSA) is 57.5 Å². The fourth-order valence-electron chi connectivity index (χ4n) is 0.569. The van der Waals surface area contributed by atoms with E-state index in [1.165, 1.54) is 0 Å². The van der Waals surface area contributed by atoms with Crippen LogP contribution in [0.25, 0.3) is 0 Å². The Morgan fingerprint density at radius 3 is 2.50 bits per heavy atom. The van der Waals surface area contributed by atoms with Gasteiger partial charge in [-0.25, -0.2) is 16.9 Å². The number of carboxylic acids is 1. The summed E-state index contributed by atoms with van der Waals surface area (Å²) in [4.78, 5) is 9.82. The first kappa shape index (κ1) is 16.2. The number of aliphatic carboxylic acids is 1. The van der Waals surface area contributed by atoms with Crippen LogP contribution in [-0.2, 0) is 21.9 Å². The maximum Gasteiger partial charge on any atom is 0.343 e. The largest absolute Gasteiger partial charge is 0.479 e. The molecule has 0 aromatic rings. The first-order valence-electron chi connectivity index (χ1n) is 3.92. The maximum absolute atomic E-state index is 9.82. The minimum atomic E-state index is -1.25. The zero-order valence-corrected chi connectivity index (χ0v) is 9.71. The van der Waals surface area contributed by atoms with Crippen LogP contribution in [0.2, 0.25) is 0 Å². The second-order valence-electron chi connectivity index (χ2n) is 2.15. The first-order chi connectivity index (χ1) is 6.18. The van der Waals surface area contributed by atoms with E-state index >= 15 is 0 Å². The summed E-state index contributed by atoms with van der Waals surface area (Å²) >= 11 is 0.995.